The zero-order valence-corrected chi connectivity index (χ0v) is 10.7. The Morgan fingerprint density at radius 2 is 2.05 bits per heavy atom. The van der Waals surface area contributed by atoms with Crippen LogP contribution in [0, 0.1) is 6.92 Å². The lowest BCUT2D eigenvalue weighted by molar-refractivity contribution is 0.0850. The van der Waals surface area contributed by atoms with Crippen LogP contribution in [0.5, 0.6) is 5.75 Å². The molecule has 2 aromatic rings. The van der Waals surface area contributed by atoms with Crippen molar-refractivity contribution < 1.29 is 9.53 Å². The first-order chi connectivity index (χ1) is 9.13. The van der Waals surface area contributed by atoms with Crippen molar-refractivity contribution in [3.63, 3.8) is 0 Å². The standard InChI is InChI=1S/C16H13BO2/c1-10-3-2-4-11(7-10)16-9-14(18)13-8-12(17)5-6-15(13)19-16/h2-8,16H,9H2,1H3. The molecule has 0 aliphatic carbocycles. The zero-order chi connectivity index (χ0) is 13.4. The molecule has 0 aromatic heterocycles. The molecule has 1 atom stereocenters. The number of carbonyl (C=O) groups excluding carboxylic acids is 1. The monoisotopic (exact) mass is 248 g/mol. The molecule has 1 heterocycles. The molecule has 19 heavy (non-hydrogen) atoms. The Morgan fingerprint density at radius 3 is 2.84 bits per heavy atom. The second-order valence-electron chi connectivity index (χ2n) is 4.90. The first-order valence-corrected chi connectivity index (χ1v) is 6.29. The lowest BCUT2D eigenvalue weighted by Gasteiger charge is -2.26. The minimum atomic E-state index is -0.205. The third-order valence-electron chi connectivity index (χ3n) is 3.36. The number of rotatable bonds is 1. The van der Waals surface area contributed by atoms with Crippen LogP contribution in [0.4, 0.5) is 0 Å². The Balaban J connectivity index is 1.97. The Hall–Kier alpha value is -2.03. The molecule has 1 aliphatic heterocycles. The molecular formula is C16H13BO2. The van der Waals surface area contributed by atoms with Crippen LogP contribution in [0.15, 0.2) is 42.5 Å². The van der Waals surface area contributed by atoms with E-state index in [0.717, 1.165) is 11.1 Å². The summed E-state index contributed by atoms with van der Waals surface area (Å²) in [7, 11) is 5.70. The highest BCUT2D eigenvalue weighted by Gasteiger charge is 2.27. The molecule has 92 valence electrons. The minimum Gasteiger partial charge on any atom is -0.484 e. The van der Waals surface area contributed by atoms with Gasteiger partial charge in [-0.25, -0.2) is 0 Å². The molecule has 2 nitrogen and oxygen atoms in total. The first-order valence-electron chi connectivity index (χ1n) is 6.29. The van der Waals surface area contributed by atoms with Gasteiger partial charge in [-0.1, -0.05) is 47.4 Å². The van der Waals surface area contributed by atoms with Crippen LogP contribution < -0.4 is 10.2 Å². The molecule has 0 saturated carbocycles. The summed E-state index contributed by atoms with van der Waals surface area (Å²) in [5.41, 5.74) is 3.38. The van der Waals surface area contributed by atoms with Crippen molar-refractivity contribution in [2.75, 3.05) is 0 Å². The lowest BCUT2D eigenvalue weighted by atomic mass is 9.89. The molecule has 0 N–H and O–H groups in total. The van der Waals surface area contributed by atoms with Crippen molar-refractivity contribution in [2.24, 2.45) is 0 Å². The number of benzene rings is 2. The van der Waals surface area contributed by atoms with Crippen LogP contribution in [0.3, 0.4) is 0 Å². The lowest BCUT2D eigenvalue weighted by Crippen LogP contribution is -2.22. The van der Waals surface area contributed by atoms with E-state index in [-0.39, 0.29) is 11.9 Å². The van der Waals surface area contributed by atoms with Gasteiger partial charge in [-0.15, -0.1) is 0 Å². The molecule has 0 saturated heterocycles. The van der Waals surface area contributed by atoms with Crippen molar-refractivity contribution in [1.82, 2.24) is 0 Å². The van der Waals surface area contributed by atoms with E-state index in [2.05, 4.69) is 6.07 Å². The quantitative estimate of drug-likeness (QED) is 0.725. The maximum atomic E-state index is 12.2. The molecule has 3 heteroatoms. The number of hydrogen-bond acceptors (Lipinski definition) is 2. The molecule has 0 bridgehead atoms. The average molecular weight is 248 g/mol. The SMILES string of the molecule is [B]c1ccc2c(c1)C(=O)CC(c1cccc(C)c1)O2. The summed E-state index contributed by atoms with van der Waals surface area (Å²) in [6.45, 7) is 2.03. The van der Waals surface area contributed by atoms with Gasteiger partial charge in [-0.3, -0.25) is 4.79 Å². The predicted octanol–water partition coefficient (Wildman–Crippen LogP) is 2.50. The summed E-state index contributed by atoms with van der Waals surface area (Å²) >= 11 is 0. The van der Waals surface area contributed by atoms with Gasteiger partial charge >= 0.3 is 0 Å². The van der Waals surface area contributed by atoms with E-state index in [0.29, 0.717) is 23.2 Å². The van der Waals surface area contributed by atoms with Crippen LogP contribution in [0.25, 0.3) is 0 Å². The highest BCUT2D eigenvalue weighted by Crippen LogP contribution is 2.34. The van der Waals surface area contributed by atoms with E-state index < -0.39 is 0 Å². The van der Waals surface area contributed by atoms with E-state index in [1.165, 1.54) is 0 Å². The fourth-order valence-corrected chi connectivity index (χ4v) is 2.40. The maximum Gasteiger partial charge on any atom is 0.170 e. The number of aryl methyl sites for hydroxylation is 1. The summed E-state index contributed by atoms with van der Waals surface area (Å²) < 4.78 is 5.92. The number of fused-ring (bicyclic) bond motifs is 1. The number of carbonyl (C=O) groups is 1. The smallest absolute Gasteiger partial charge is 0.170 e. The van der Waals surface area contributed by atoms with Crippen LogP contribution >= 0.6 is 0 Å². The fraction of sp³-hybridized carbons (Fsp3) is 0.188. The van der Waals surface area contributed by atoms with Gasteiger partial charge in [0.05, 0.1) is 12.0 Å². The van der Waals surface area contributed by atoms with Gasteiger partial charge in [0.2, 0.25) is 0 Å². The topological polar surface area (TPSA) is 26.3 Å². The Kier molecular flexibility index (Phi) is 2.90. The van der Waals surface area contributed by atoms with E-state index in [4.69, 9.17) is 12.6 Å². The number of ether oxygens (including phenoxy) is 1. The molecule has 3 rings (SSSR count). The van der Waals surface area contributed by atoms with Gasteiger partial charge in [-0.05, 0) is 18.6 Å². The van der Waals surface area contributed by atoms with E-state index >= 15 is 0 Å². The molecule has 0 spiro atoms. The van der Waals surface area contributed by atoms with Gasteiger partial charge in [0.1, 0.15) is 19.7 Å². The van der Waals surface area contributed by atoms with Crippen molar-refractivity contribution in [3.05, 3.63) is 59.2 Å². The summed E-state index contributed by atoms with van der Waals surface area (Å²) in [5, 5.41) is 0. The van der Waals surface area contributed by atoms with E-state index in [9.17, 15) is 4.79 Å². The normalized spacial score (nSPS) is 17.7. The van der Waals surface area contributed by atoms with Crippen molar-refractivity contribution in [3.8, 4) is 5.75 Å². The Morgan fingerprint density at radius 1 is 1.21 bits per heavy atom. The summed E-state index contributed by atoms with van der Waals surface area (Å²) in [4.78, 5) is 12.2. The number of ketones is 1. The number of hydrogen-bond donors (Lipinski definition) is 0. The van der Waals surface area contributed by atoms with Gasteiger partial charge in [0, 0.05) is 0 Å². The molecule has 1 aliphatic rings. The van der Waals surface area contributed by atoms with Crippen LogP contribution in [0.2, 0.25) is 0 Å². The third-order valence-corrected chi connectivity index (χ3v) is 3.36. The molecule has 0 fully saturated rings. The largest absolute Gasteiger partial charge is 0.484 e. The van der Waals surface area contributed by atoms with Gasteiger partial charge in [0.25, 0.3) is 0 Å². The van der Waals surface area contributed by atoms with Crippen LogP contribution in [0.1, 0.15) is 34.0 Å². The Bertz CT molecular complexity index is 649. The third kappa shape index (κ3) is 2.28. The van der Waals surface area contributed by atoms with Gasteiger partial charge in [0.15, 0.2) is 5.78 Å². The van der Waals surface area contributed by atoms with Crippen LogP contribution in [-0.2, 0) is 0 Å². The van der Waals surface area contributed by atoms with E-state index in [1.807, 2.05) is 25.1 Å². The fourth-order valence-electron chi connectivity index (χ4n) is 2.40. The molecule has 1 unspecified atom stereocenters. The Labute approximate surface area is 113 Å². The maximum absolute atomic E-state index is 12.2. The van der Waals surface area contributed by atoms with E-state index in [1.54, 1.807) is 18.2 Å². The average Bonchev–Trinajstić information content (AvgIpc) is 2.39. The second-order valence-corrected chi connectivity index (χ2v) is 4.90. The van der Waals surface area contributed by atoms with Gasteiger partial charge < -0.3 is 4.74 Å². The molecular weight excluding hydrogens is 235 g/mol. The second kappa shape index (κ2) is 4.58. The van der Waals surface area contributed by atoms with Gasteiger partial charge in [-0.2, -0.15) is 0 Å². The highest BCUT2D eigenvalue weighted by molar-refractivity contribution is 6.32. The van der Waals surface area contributed by atoms with Crippen molar-refractivity contribution >= 4 is 19.1 Å². The predicted molar refractivity (Wildman–Crippen MR) is 75.3 cm³/mol. The van der Waals surface area contributed by atoms with Crippen molar-refractivity contribution in [2.45, 2.75) is 19.4 Å². The molecule has 0 amide bonds. The zero-order valence-electron chi connectivity index (χ0n) is 10.7. The first kappa shape index (κ1) is 12.0. The highest BCUT2D eigenvalue weighted by atomic mass is 16.5. The summed E-state index contributed by atoms with van der Waals surface area (Å²) in [6, 6.07) is 13.3. The van der Waals surface area contributed by atoms with Crippen LogP contribution in [-0.4, -0.2) is 13.6 Å². The summed E-state index contributed by atoms with van der Waals surface area (Å²) in [5.74, 6) is 0.706. The van der Waals surface area contributed by atoms with Crippen molar-refractivity contribution in [1.29, 1.82) is 0 Å². The molecule has 2 aromatic carbocycles. The number of Topliss-reactive ketones (excluding diaryl/α,β-unsaturated/α-hetero) is 1. The minimum absolute atomic E-state index is 0.0834. The summed E-state index contributed by atoms with van der Waals surface area (Å²) in [6.07, 6.45) is 0.156. The molecule has 2 radical (unpaired) electrons.